The molecule has 1 aliphatic rings. The van der Waals surface area contributed by atoms with Crippen LogP contribution in [0.1, 0.15) is 45.2 Å². The standard InChI is InChI=1S/C14H22N2O2/c1-10(2)18-12-7-11(8-16-9-12)13(15)14(3)5-4-6-17-14/h7-10,13H,4-6,15H2,1-3H3. The highest BCUT2D eigenvalue weighted by atomic mass is 16.5. The van der Waals surface area contributed by atoms with Crippen molar-refractivity contribution in [1.29, 1.82) is 0 Å². The fourth-order valence-corrected chi connectivity index (χ4v) is 2.34. The SMILES string of the molecule is CC(C)Oc1cncc(C(N)C2(C)CCCO2)c1. The molecule has 0 radical (unpaired) electrons. The van der Waals surface area contributed by atoms with Gasteiger partial charge >= 0.3 is 0 Å². The fourth-order valence-electron chi connectivity index (χ4n) is 2.34. The first-order valence-corrected chi connectivity index (χ1v) is 6.52. The number of aromatic nitrogens is 1. The quantitative estimate of drug-likeness (QED) is 0.891. The first kappa shape index (κ1) is 13.3. The van der Waals surface area contributed by atoms with Crippen LogP contribution in [0.4, 0.5) is 0 Å². The first-order valence-electron chi connectivity index (χ1n) is 6.52. The average molecular weight is 250 g/mol. The van der Waals surface area contributed by atoms with Crippen molar-refractivity contribution in [3.63, 3.8) is 0 Å². The van der Waals surface area contributed by atoms with Crippen LogP contribution < -0.4 is 10.5 Å². The van der Waals surface area contributed by atoms with E-state index in [1.165, 1.54) is 0 Å². The number of pyridine rings is 1. The summed E-state index contributed by atoms with van der Waals surface area (Å²) in [6.45, 7) is 6.85. The molecule has 100 valence electrons. The molecular formula is C14H22N2O2. The van der Waals surface area contributed by atoms with Gasteiger partial charge < -0.3 is 15.2 Å². The Morgan fingerprint density at radius 1 is 1.44 bits per heavy atom. The third-order valence-corrected chi connectivity index (χ3v) is 3.37. The molecule has 18 heavy (non-hydrogen) atoms. The molecule has 4 heteroatoms. The molecule has 2 rings (SSSR count). The molecule has 0 saturated carbocycles. The summed E-state index contributed by atoms with van der Waals surface area (Å²) in [6, 6.07) is 1.80. The van der Waals surface area contributed by atoms with Gasteiger partial charge in [-0.25, -0.2) is 0 Å². The topological polar surface area (TPSA) is 57.4 Å². The van der Waals surface area contributed by atoms with Crippen molar-refractivity contribution < 1.29 is 9.47 Å². The lowest BCUT2D eigenvalue weighted by molar-refractivity contribution is -0.00187. The smallest absolute Gasteiger partial charge is 0.138 e. The molecule has 0 spiro atoms. The van der Waals surface area contributed by atoms with Crippen LogP contribution in [0.5, 0.6) is 5.75 Å². The predicted octanol–water partition coefficient (Wildman–Crippen LogP) is 2.44. The van der Waals surface area contributed by atoms with Crippen LogP contribution in [-0.4, -0.2) is 23.3 Å². The van der Waals surface area contributed by atoms with Crippen LogP contribution >= 0.6 is 0 Å². The second-order valence-corrected chi connectivity index (χ2v) is 5.36. The van der Waals surface area contributed by atoms with E-state index in [9.17, 15) is 0 Å². The third kappa shape index (κ3) is 2.82. The van der Waals surface area contributed by atoms with Crippen LogP contribution in [-0.2, 0) is 4.74 Å². The van der Waals surface area contributed by atoms with Crippen molar-refractivity contribution >= 4 is 0 Å². The maximum Gasteiger partial charge on any atom is 0.138 e. The van der Waals surface area contributed by atoms with Gasteiger partial charge in [0.1, 0.15) is 5.75 Å². The minimum Gasteiger partial charge on any atom is -0.489 e. The molecular weight excluding hydrogens is 228 g/mol. The minimum atomic E-state index is -0.280. The van der Waals surface area contributed by atoms with E-state index in [1.807, 2.05) is 19.9 Å². The highest BCUT2D eigenvalue weighted by molar-refractivity contribution is 5.28. The minimum absolute atomic E-state index is 0.136. The van der Waals surface area contributed by atoms with Gasteiger partial charge in [-0.05, 0) is 45.2 Å². The maximum atomic E-state index is 6.31. The Balaban J connectivity index is 2.17. The van der Waals surface area contributed by atoms with E-state index in [0.29, 0.717) is 0 Å². The van der Waals surface area contributed by atoms with E-state index in [0.717, 1.165) is 30.8 Å². The Kier molecular flexibility index (Phi) is 3.88. The summed E-state index contributed by atoms with van der Waals surface area (Å²) < 4.78 is 11.4. The van der Waals surface area contributed by atoms with Gasteiger partial charge in [-0.1, -0.05) is 0 Å². The summed E-state index contributed by atoms with van der Waals surface area (Å²) in [7, 11) is 0. The number of rotatable bonds is 4. The Labute approximate surface area is 108 Å². The molecule has 0 amide bonds. The second kappa shape index (κ2) is 5.24. The number of ether oxygens (including phenoxy) is 2. The van der Waals surface area contributed by atoms with E-state index in [4.69, 9.17) is 15.2 Å². The lowest BCUT2D eigenvalue weighted by atomic mass is 9.89. The zero-order valence-electron chi connectivity index (χ0n) is 11.3. The van der Waals surface area contributed by atoms with Crippen molar-refractivity contribution in [3.8, 4) is 5.75 Å². The Hall–Kier alpha value is -1.13. The summed E-state index contributed by atoms with van der Waals surface area (Å²) >= 11 is 0. The third-order valence-electron chi connectivity index (χ3n) is 3.37. The lowest BCUT2D eigenvalue weighted by Crippen LogP contribution is -2.37. The highest BCUT2D eigenvalue weighted by Gasteiger charge is 2.37. The van der Waals surface area contributed by atoms with Crippen LogP contribution in [0.15, 0.2) is 18.5 Å². The van der Waals surface area contributed by atoms with Crippen molar-refractivity contribution in [2.45, 2.75) is 51.4 Å². The Morgan fingerprint density at radius 3 is 2.83 bits per heavy atom. The van der Waals surface area contributed by atoms with Crippen molar-refractivity contribution in [2.75, 3.05) is 6.61 Å². The van der Waals surface area contributed by atoms with Gasteiger partial charge in [0.25, 0.3) is 0 Å². The highest BCUT2D eigenvalue weighted by Crippen LogP contribution is 2.36. The Morgan fingerprint density at radius 2 is 2.22 bits per heavy atom. The fraction of sp³-hybridized carbons (Fsp3) is 0.643. The first-order chi connectivity index (χ1) is 8.51. The molecule has 2 atom stereocenters. The largest absolute Gasteiger partial charge is 0.489 e. The van der Waals surface area contributed by atoms with Gasteiger partial charge in [0, 0.05) is 12.8 Å². The van der Waals surface area contributed by atoms with E-state index < -0.39 is 0 Å². The van der Waals surface area contributed by atoms with E-state index in [1.54, 1.807) is 12.4 Å². The van der Waals surface area contributed by atoms with Gasteiger partial charge in [0.2, 0.25) is 0 Å². The number of nitrogens with two attached hydrogens (primary N) is 1. The summed E-state index contributed by atoms with van der Waals surface area (Å²) in [4.78, 5) is 4.20. The van der Waals surface area contributed by atoms with Crippen LogP contribution in [0.2, 0.25) is 0 Å². The van der Waals surface area contributed by atoms with Crippen molar-refractivity contribution in [1.82, 2.24) is 4.98 Å². The van der Waals surface area contributed by atoms with Crippen LogP contribution in [0, 0.1) is 0 Å². The number of hydrogen-bond donors (Lipinski definition) is 1. The zero-order chi connectivity index (χ0) is 13.2. The molecule has 1 aromatic heterocycles. The van der Waals surface area contributed by atoms with Gasteiger partial charge in [-0.2, -0.15) is 0 Å². The molecule has 0 aromatic carbocycles. The molecule has 1 aromatic rings. The lowest BCUT2D eigenvalue weighted by Gasteiger charge is -2.30. The molecule has 1 fully saturated rings. The van der Waals surface area contributed by atoms with E-state index in [-0.39, 0.29) is 17.7 Å². The zero-order valence-corrected chi connectivity index (χ0v) is 11.3. The molecule has 0 bridgehead atoms. The van der Waals surface area contributed by atoms with E-state index >= 15 is 0 Å². The van der Waals surface area contributed by atoms with Crippen molar-refractivity contribution in [3.05, 3.63) is 24.0 Å². The summed E-state index contributed by atoms with van der Waals surface area (Å²) in [6.07, 6.45) is 5.71. The van der Waals surface area contributed by atoms with E-state index in [2.05, 4.69) is 11.9 Å². The van der Waals surface area contributed by atoms with Gasteiger partial charge in [-0.3, -0.25) is 4.98 Å². The number of nitrogens with zero attached hydrogens (tertiary/aromatic N) is 1. The Bertz CT molecular complexity index is 401. The molecule has 4 nitrogen and oxygen atoms in total. The van der Waals surface area contributed by atoms with Crippen LogP contribution in [0.3, 0.4) is 0 Å². The van der Waals surface area contributed by atoms with Gasteiger partial charge in [0.15, 0.2) is 0 Å². The van der Waals surface area contributed by atoms with Gasteiger partial charge in [0.05, 0.1) is 23.9 Å². The molecule has 2 heterocycles. The predicted molar refractivity (Wildman–Crippen MR) is 70.5 cm³/mol. The van der Waals surface area contributed by atoms with Crippen LogP contribution in [0.25, 0.3) is 0 Å². The second-order valence-electron chi connectivity index (χ2n) is 5.36. The molecule has 2 N–H and O–H groups in total. The molecule has 1 saturated heterocycles. The van der Waals surface area contributed by atoms with Gasteiger partial charge in [-0.15, -0.1) is 0 Å². The maximum absolute atomic E-state index is 6.31. The summed E-state index contributed by atoms with van der Waals surface area (Å²) in [5.74, 6) is 0.763. The summed E-state index contributed by atoms with van der Waals surface area (Å²) in [5, 5.41) is 0. The van der Waals surface area contributed by atoms with Crippen molar-refractivity contribution in [2.24, 2.45) is 5.73 Å². The summed E-state index contributed by atoms with van der Waals surface area (Å²) in [5.41, 5.74) is 7.00. The normalized spacial score (nSPS) is 25.4. The number of hydrogen-bond acceptors (Lipinski definition) is 4. The monoisotopic (exact) mass is 250 g/mol. The molecule has 2 unspecified atom stereocenters. The average Bonchev–Trinajstić information content (AvgIpc) is 2.76. The molecule has 0 aliphatic carbocycles. The molecule has 1 aliphatic heterocycles.